The van der Waals surface area contributed by atoms with Gasteiger partial charge in [0.05, 0.1) is 0 Å². The predicted molar refractivity (Wildman–Crippen MR) is 67.1 cm³/mol. The Hall–Kier alpha value is -2.03. The van der Waals surface area contributed by atoms with Crippen LogP contribution in [0.5, 0.6) is 0 Å². The highest BCUT2D eigenvalue weighted by atomic mass is 16.4. The summed E-state index contributed by atoms with van der Waals surface area (Å²) in [6.07, 6.45) is 4.09. The minimum absolute atomic E-state index is 0.263. The van der Waals surface area contributed by atoms with E-state index in [1.807, 2.05) is 12.3 Å². The van der Waals surface area contributed by atoms with E-state index in [4.69, 9.17) is 0 Å². The molecule has 0 amide bonds. The van der Waals surface area contributed by atoms with E-state index in [1.54, 1.807) is 0 Å². The average molecular weight is 239 g/mol. The number of carbonyl (C=O) groups is 1. The van der Waals surface area contributed by atoms with Crippen molar-refractivity contribution in [2.24, 2.45) is 0 Å². The number of aromatic nitrogens is 1. The van der Waals surface area contributed by atoms with Gasteiger partial charge in [0.15, 0.2) is 0 Å². The zero-order chi connectivity index (χ0) is 12.3. The fraction of sp³-hybridized carbons (Fsp3) is 0.267. The fourth-order valence-corrected chi connectivity index (χ4v) is 3.70. The van der Waals surface area contributed by atoms with Crippen molar-refractivity contribution in [2.75, 3.05) is 0 Å². The third kappa shape index (κ3) is 1.07. The topological polar surface area (TPSA) is 53.1 Å². The van der Waals surface area contributed by atoms with Crippen molar-refractivity contribution in [2.45, 2.75) is 24.7 Å². The Balaban J connectivity index is 2.00. The van der Waals surface area contributed by atoms with Crippen LogP contribution in [0, 0.1) is 0 Å². The molecule has 5 rings (SSSR count). The first kappa shape index (κ1) is 9.95. The normalized spacial score (nSPS) is 23.6. The highest BCUT2D eigenvalue weighted by Gasteiger charge is 2.40. The monoisotopic (exact) mass is 239 g/mol. The molecular formula is C15H13NO2. The summed E-state index contributed by atoms with van der Waals surface area (Å²) in [5.74, 6) is -0.203. The van der Waals surface area contributed by atoms with E-state index in [-0.39, 0.29) is 5.92 Å². The van der Waals surface area contributed by atoms with E-state index in [2.05, 4.69) is 23.2 Å². The molecule has 3 nitrogen and oxygen atoms in total. The van der Waals surface area contributed by atoms with Gasteiger partial charge < -0.3 is 10.1 Å². The molecule has 0 spiro atoms. The third-order valence-corrected chi connectivity index (χ3v) is 4.38. The maximum absolute atomic E-state index is 11.3. The maximum atomic E-state index is 11.3. The van der Waals surface area contributed by atoms with Gasteiger partial charge in [-0.15, -0.1) is 0 Å². The van der Waals surface area contributed by atoms with Crippen LogP contribution in [0.15, 0.2) is 30.5 Å². The van der Waals surface area contributed by atoms with Crippen molar-refractivity contribution in [3.05, 3.63) is 58.4 Å². The molecule has 3 heteroatoms. The van der Waals surface area contributed by atoms with Crippen molar-refractivity contribution in [1.82, 2.24) is 4.98 Å². The van der Waals surface area contributed by atoms with Crippen molar-refractivity contribution in [3.8, 4) is 0 Å². The Labute approximate surface area is 104 Å². The Kier molecular flexibility index (Phi) is 1.80. The Morgan fingerprint density at radius 3 is 2.50 bits per heavy atom. The standard InChI is InChI=1S/C15H13NO2/c17-15(18)14-13-11-6-5-10(12(13)7-16-14)8-3-1-2-4-9(8)11/h1-4,7,10-11,16H,5-6H2,(H,17,18). The summed E-state index contributed by atoms with van der Waals surface area (Å²) in [6, 6.07) is 8.45. The SMILES string of the molecule is O=C(O)c1[nH]cc2c1C1CCC2c2ccccc21. The Morgan fingerprint density at radius 2 is 1.78 bits per heavy atom. The summed E-state index contributed by atoms with van der Waals surface area (Å²) in [4.78, 5) is 14.2. The minimum Gasteiger partial charge on any atom is -0.477 e. The summed E-state index contributed by atoms with van der Waals surface area (Å²) in [5.41, 5.74) is 5.31. The first-order chi connectivity index (χ1) is 8.77. The molecule has 0 radical (unpaired) electrons. The van der Waals surface area contributed by atoms with Gasteiger partial charge in [0, 0.05) is 18.0 Å². The molecule has 1 aromatic heterocycles. The second-order valence-electron chi connectivity index (χ2n) is 5.15. The van der Waals surface area contributed by atoms with Gasteiger partial charge in [-0.3, -0.25) is 0 Å². The third-order valence-electron chi connectivity index (χ3n) is 4.38. The molecular weight excluding hydrogens is 226 g/mol. The molecule has 3 aliphatic carbocycles. The van der Waals surface area contributed by atoms with Crippen LogP contribution in [0.3, 0.4) is 0 Å². The van der Waals surface area contributed by atoms with Crippen molar-refractivity contribution in [1.29, 1.82) is 0 Å². The molecule has 0 saturated carbocycles. The van der Waals surface area contributed by atoms with Crippen LogP contribution in [-0.4, -0.2) is 16.1 Å². The van der Waals surface area contributed by atoms with Crippen LogP contribution in [0.2, 0.25) is 0 Å². The number of fused-ring (bicyclic) bond motifs is 1. The highest BCUT2D eigenvalue weighted by Crippen LogP contribution is 2.53. The van der Waals surface area contributed by atoms with E-state index in [9.17, 15) is 9.90 Å². The lowest BCUT2D eigenvalue weighted by Gasteiger charge is -2.38. The number of H-pyrrole nitrogens is 1. The quantitative estimate of drug-likeness (QED) is 0.803. The average Bonchev–Trinajstić information content (AvgIpc) is 2.85. The number of hydrogen-bond donors (Lipinski definition) is 2. The lowest BCUT2D eigenvalue weighted by Crippen LogP contribution is -2.24. The zero-order valence-corrected chi connectivity index (χ0v) is 9.81. The van der Waals surface area contributed by atoms with Gasteiger partial charge in [-0.25, -0.2) is 4.79 Å². The summed E-state index contributed by atoms with van der Waals surface area (Å²) < 4.78 is 0. The number of aromatic amines is 1. The number of hydrogen-bond acceptors (Lipinski definition) is 1. The van der Waals surface area contributed by atoms with Crippen molar-refractivity contribution in [3.63, 3.8) is 0 Å². The van der Waals surface area contributed by atoms with Gasteiger partial charge in [-0.05, 0) is 35.1 Å². The minimum atomic E-state index is -0.846. The first-order valence-electron chi connectivity index (χ1n) is 6.30. The van der Waals surface area contributed by atoms with E-state index in [1.165, 1.54) is 16.7 Å². The molecule has 2 unspecified atom stereocenters. The molecule has 1 heterocycles. The molecule has 90 valence electrons. The van der Waals surface area contributed by atoms with Crippen LogP contribution in [0.4, 0.5) is 0 Å². The molecule has 1 aromatic carbocycles. The van der Waals surface area contributed by atoms with Gasteiger partial charge in [-0.1, -0.05) is 24.3 Å². The fourth-order valence-electron chi connectivity index (χ4n) is 3.70. The van der Waals surface area contributed by atoms with Crippen molar-refractivity contribution < 1.29 is 9.90 Å². The number of aromatic carboxylic acids is 1. The molecule has 2 N–H and O–H groups in total. The molecule has 18 heavy (non-hydrogen) atoms. The van der Waals surface area contributed by atoms with Crippen molar-refractivity contribution >= 4 is 5.97 Å². The summed E-state index contributed by atoms with van der Waals surface area (Å²) in [5, 5.41) is 9.27. The molecule has 2 aromatic rings. The zero-order valence-electron chi connectivity index (χ0n) is 9.81. The maximum Gasteiger partial charge on any atom is 0.352 e. The van der Waals surface area contributed by atoms with Gasteiger partial charge in [0.25, 0.3) is 0 Å². The summed E-state index contributed by atoms with van der Waals surface area (Å²) in [6.45, 7) is 0. The molecule has 0 aliphatic heterocycles. The largest absolute Gasteiger partial charge is 0.477 e. The smallest absolute Gasteiger partial charge is 0.352 e. The summed E-state index contributed by atoms with van der Waals surface area (Å²) >= 11 is 0. The van der Waals surface area contributed by atoms with E-state index in [0.717, 1.165) is 18.4 Å². The van der Waals surface area contributed by atoms with Crippen LogP contribution >= 0.6 is 0 Å². The second kappa shape index (κ2) is 3.25. The number of rotatable bonds is 1. The molecule has 0 fully saturated rings. The van der Waals surface area contributed by atoms with Gasteiger partial charge in [-0.2, -0.15) is 0 Å². The van der Waals surface area contributed by atoms with Crippen LogP contribution in [0.25, 0.3) is 0 Å². The predicted octanol–water partition coefficient (Wildman–Crippen LogP) is 3.08. The highest BCUT2D eigenvalue weighted by molar-refractivity contribution is 5.89. The van der Waals surface area contributed by atoms with E-state index < -0.39 is 5.97 Å². The lowest BCUT2D eigenvalue weighted by atomic mass is 9.64. The molecule has 2 atom stereocenters. The molecule has 0 saturated heterocycles. The van der Waals surface area contributed by atoms with Crippen LogP contribution < -0.4 is 0 Å². The first-order valence-corrected chi connectivity index (χ1v) is 6.30. The van der Waals surface area contributed by atoms with E-state index >= 15 is 0 Å². The summed E-state index contributed by atoms with van der Waals surface area (Å²) in [7, 11) is 0. The Morgan fingerprint density at radius 1 is 1.11 bits per heavy atom. The van der Waals surface area contributed by atoms with Gasteiger partial charge in [0.1, 0.15) is 5.69 Å². The van der Waals surface area contributed by atoms with Gasteiger partial charge >= 0.3 is 5.97 Å². The second-order valence-corrected chi connectivity index (χ2v) is 5.15. The van der Waals surface area contributed by atoms with E-state index in [0.29, 0.717) is 11.6 Å². The number of carboxylic acid groups (broad SMARTS) is 1. The number of benzene rings is 1. The van der Waals surface area contributed by atoms with Crippen LogP contribution in [0.1, 0.15) is 57.4 Å². The molecule has 2 bridgehead atoms. The van der Waals surface area contributed by atoms with Crippen LogP contribution in [-0.2, 0) is 0 Å². The number of carboxylic acids is 1. The lowest BCUT2D eigenvalue weighted by molar-refractivity contribution is 0.0689. The molecule has 3 aliphatic rings. The Bertz CT molecular complexity index is 656. The number of nitrogens with one attached hydrogen (secondary N) is 1. The van der Waals surface area contributed by atoms with Gasteiger partial charge in [0.2, 0.25) is 0 Å².